The molecule has 0 aliphatic heterocycles. The number of pyridine rings is 1. The Labute approximate surface area is 95.2 Å². The molecule has 2 heteroatoms. The normalized spacial score (nSPS) is 9.81. The fourth-order valence-electron chi connectivity index (χ4n) is 1.68. The van der Waals surface area contributed by atoms with E-state index in [0.717, 1.165) is 22.3 Å². The van der Waals surface area contributed by atoms with Gasteiger partial charge in [0.15, 0.2) is 0 Å². The van der Waals surface area contributed by atoms with Crippen LogP contribution in [-0.4, -0.2) is 4.98 Å². The molecule has 0 saturated heterocycles. The standard InChI is InChI=1S/C14H12N2/c1-10-3-4-12(7-13(10)8-15)14-9-16-6-5-11(14)2/h3-7,9H,1-2H3. The largest absolute Gasteiger partial charge is 0.264 e. The number of aryl methyl sites for hydroxylation is 2. The molecule has 1 aromatic heterocycles. The highest BCUT2D eigenvalue weighted by atomic mass is 14.6. The summed E-state index contributed by atoms with van der Waals surface area (Å²) in [6.07, 6.45) is 3.61. The zero-order chi connectivity index (χ0) is 11.5. The molecule has 0 spiro atoms. The van der Waals surface area contributed by atoms with Crippen molar-refractivity contribution < 1.29 is 0 Å². The van der Waals surface area contributed by atoms with E-state index in [1.54, 1.807) is 6.20 Å². The summed E-state index contributed by atoms with van der Waals surface area (Å²) in [7, 11) is 0. The Morgan fingerprint density at radius 3 is 2.62 bits per heavy atom. The molecule has 0 radical (unpaired) electrons. The van der Waals surface area contributed by atoms with Gasteiger partial charge in [0, 0.05) is 18.0 Å². The fourth-order valence-corrected chi connectivity index (χ4v) is 1.68. The van der Waals surface area contributed by atoms with Gasteiger partial charge >= 0.3 is 0 Å². The second-order valence-electron chi connectivity index (χ2n) is 3.83. The van der Waals surface area contributed by atoms with Crippen LogP contribution in [0.4, 0.5) is 0 Å². The van der Waals surface area contributed by atoms with Gasteiger partial charge in [0.05, 0.1) is 11.6 Å². The van der Waals surface area contributed by atoms with Crippen LogP contribution in [0.3, 0.4) is 0 Å². The SMILES string of the molecule is Cc1ccc(-c2cnccc2C)cc1C#N. The first-order valence-electron chi connectivity index (χ1n) is 5.14. The summed E-state index contributed by atoms with van der Waals surface area (Å²) in [6.45, 7) is 3.99. The van der Waals surface area contributed by atoms with Crippen LogP contribution in [0.25, 0.3) is 11.1 Å². The topological polar surface area (TPSA) is 36.7 Å². The summed E-state index contributed by atoms with van der Waals surface area (Å²) in [5.41, 5.74) is 5.03. The van der Waals surface area contributed by atoms with E-state index >= 15 is 0 Å². The number of hydrogen-bond acceptors (Lipinski definition) is 2. The summed E-state index contributed by atoms with van der Waals surface area (Å²) in [5.74, 6) is 0. The molecule has 0 bridgehead atoms. The Morgan fingerprint density at radius 2 is 1.94 bits per heavy atom. The number of aromatic nitrogens is 1. The zero-order valence-electron chi connectivity index (χ0n) is 9.36. The minimum absolute atomic E-state index is 0.723. The maximum atomic E-state index is 8.99. The highest BCUT2D eigenvalue weighted by Gasteiger charge is 2.04. The third-order valence-electron chi connectivity index (χ3n) is 2.71. The van der Waals surface area contributed by atoms with Crippen molar-refractivity contribution in [2.24, 2.45) is 0 Å². The predicted octanol–water partition coefficient (Wildman–Crippen LogP) is 3.24. The molecule has 16 heavy (non-hydrogen) atoms. The van der Waals surface area contributed by atoms with Crippen LogP contribution in [0.1, 0.15) is 16.7 Å². The minimum atomic E-state index is 0.723. The molecular weight excluding hydrogens is 196 g/mol. The predicted molar refractivity (Wildman–Crippen MR) is 63.9 cm³/mol. The molecule has 2 nitrogen and oxygen atoms in total. The summed E-state index contributed by atoms with van der Waals surface area (Å²) in [4.78, 5) is 4.12. The van der Waals surface area contributed by atoms with E-state index < -0.39 is 0 Å². The van der Waals surface area contributed by atoms with Crippen LogP contribution in [0, 0.1) is 25.2 Å². The number of nitriles is 1. The van der Waals surface area contributed by atoms with Gasteiger partial charge in [-0.25, -0.2) is 0 Å². The molecule has 2 rings (SSSR count). The van der Waals surface area contributed by atoms with Crippen molar-refractivity contribution in [3.8, 4) is 17.2 Å². The molecule has 0 aliphatic rings. The summed E-state index contributed by atoms with van der Waals surface area (Å²) in [6, 6.07) is 10.1. The van der Waals surface area contributed by atoms with E-state index in [2.05, 4.69) is 11.1 Å². The van der Waals surface area contributed by atoms with Crippen LogP contribution in [0.15, 0.2) is 36.7 Å². The summed E-state index contributed by atoms with van der Waals surface area (Å²) >= 11 is 0. The van der Waals surface area contributed by atoms with Gasteiger partial charge < -0.3 is 0 Å². The van der Waals surface area contributed by atoms with E-state index in [-0.39, 0.29) is 0 Å². The van der Waals surface area contributed by atoms with Crippen LogP contribution < -0.4 is 0 Å². The van der Waals surface area contributed by atoms with Crippen molar-refractivity contribution in [2.45, 2.75) is 13.8 Å². The van der Waals surface area contributed by atoms with E-state index in [9.17, 15) is 0 Å². The Bertz CT molecular complexity index is 565. The molecule has 0 amide bonds. The molecule has 0 aliphatic carbocycles. The van der Waals surface area contributed by atoms with Crippen LogP contribution in [0.2, 0.25) is 0 Å². The minimum Gasteiger partial charge on any atom is -0.264 e. The zero-order valence-corrected chi connectivity index (χ0v) is 9.36. The van der Waals surface area contributed by atoms with Crippen molar-refractivity contribution in [1.82, 2.24) is 4.98 Å². The third-order valence-corrected chi connectivity index (χ3v) is 2.71. The van der Waals surface area contributed by atoms with Crippen molar-refractivity contribution in [3.05, 3.63) is 53.3 Å². The lowest BCUT2D eigenvalue weighted by Gasteiger charge is -2.06. The Kier molecular flexibility index (Phi) is 2.70. The van der Waals surface area contributed by atoms with Crippen LogP contribution in [-0.2, 0) is 0 Å². The molecule has 2 aromatic rings. The van der Waals surface area contributed by atoms with Gasteiger partial charge in [0.25, 0.3) is 0 Å². The van der Waals surface area contributed by atoms with Crippen LogP contribution in [0.5, 0.6) is 0 Å². The quantitative estimate of drug-likeness (QED) is 0.721. The third kappa shape index (κ3) is 1.80. The van der Waals surface area contributed by atoms with Crippen molar-refractivity contribution in [1.29, 1.82) is 5.26 Å². The van der Waals surface area contributed by atoms with Gasteiger partial charge in [-0.3, -0.25) is 4.98 Å². The lowest BCUT2D eigenvalue weighted by molar-refractivity contribution is 1.28. The lowest BCUT2D eigenvalue weighted by Crippen LogP contribution is -1.88. The smallest absolute Gasteiger partial charge is 0.0994 e. The molecule has 0 saturated carbocycles. The fraction of sp³-hybridized carbons (Fsp3) is 0.143. The van der Waals surface area contributed by atoms with Gasteiger partial charge in [-0.1, -0.05) is 12.1 Å². The second-order valence-corrected chi connectivity index (χ2v) is 3.83. The first kappa shape index (κ1) is 10.4. The second kappa shape index (κ2) is 4.16. The van der Waals surface area contributed by atoms with Gasteiger partial charge in [-0.05, 0) is 42.7 Å². The highest BCUT2D eigenvalue weighted by Crippen LogP contribution is 2.24. The van der Waals surface area contributed by atoms with Crippen LogP contribution >= 0.6 is 0 Å². The number of rotatable bonds is 1. The molecule has 0 unspecified atom stereocenters. The van der Waals surface area contributed by atoms with E-state index in [1.807, 2.05) is 44.3 Å². The lowest BCUT2D eigenvalue weighted by atomic mass is 9.99. The Morgan fingerprint density at radius 1 is 1.12 bits per heavy atom. The Hall–Kier alpha value is -2.14. The first-order valence-corrected chi connectivity index (χ1v) is 5.14. The van der Waals surface area contributed by atoms with E-state index in [4.69, 9.17) is 5.26 Å². The molecule has 0 fully saturated rings. The van der Waals surface area contributed by atoms with E-state index in [1.165, 1.54) is 5.56 Å². The number of nitrogens with zero attached hydrogens (tertiary/aromatic N) is 2. The molecule has 0 atom stereocenters. The van der Waals surface area contributed by atoms with Gasteiger partial charge in [0.2, 0.25) is 0 Å². The van der Waals surface area contributed by atoms with Crippen molar-refractivity contribution in [3.63, 3.8) is 0 Å². The van der Waals surface area contributed by atoms with Crippen molar-refractivity contribution >= 4 is 0 Å². The maximum Gasteiger partial charge on any atom is 0.0994 e. The van der Waals surface area contributed by atoms with Gasteiger partial charge in [0.1, 0.15) is 0 Å². The maximum absolute atomic E-state index is 8.99. The monoisotopic (exact) mass is 208 g/mol. The summed E-state index contributed by atoms with van der Waals surface area (Å²) in [5, 5.41) is 8.99. The average molecular weight is 208 g/mol. The molecule has 1 heterocycles. The molecule has 0 N–H and O–H groups in total. The molecule has 78 valence electrons. The van der Waals surface area contributed by atoms with Gasteiger partial charge in [-0.2, -0.15) is 5.26 Å². The first-order chi connectivity index (χ1) is 7.72. The van der Waals surface area contributed by atoms with Crippen molar-refractivity contribution in [2.75, 3.05) is 0 Å². The van der Waals surface area contributed by atoms with E-state index in [0.29, 0.717) is 0 Å². The number of hydrogen-bond donors (Lipinski definition) is 0. The highest BCUT2D eigenvalue weighted by molar-refractivity contribution is 5.68. The number of benzene rings is 1. The molecule has 1 aromatic carbocycles. The molecular formula is C14H12N2. The average Bonchev–Trinajstić information content (AvgIpc) is 2.31. The van der Waals surface area contributed by atoms with Gasteiger partial charge in [-0.15, -0.1) is 0 Å². The summed E-state index contributed by atoms with van der Waals surface area (Å²) < 4.78 is 0. The Balaban J connectivity index is 2.59.